The zero-order chi connectivity index (χ0) is 12.3. The maximum atomic E-state index is 9.65. The number of benzene rings is 1. The molecule has 0 saturated carbocycles. The van der Waals surface area contributed by atoms with Gasteiger partial charge in [-0.3, -0.25) is 11.1 Å². The van der Waals surface area contributed by atoms with Crippen molar-refractivity contribution in [1.82, 2.24) is 0 Å². The summed E-state index contributed by atoms with van der Waals surface area (Å²) in [5.41, 5.74) is 7.07. The second-order valence-corrected chi connectivity index (χ2v) is 3.81. The Kier molecular flexibility index (Phi) is 3.44. The van der Waals surface area contributed by atoms with Gasteiger partial charge in [0.25, 0.3) is 5.84 Å². The summed E-state index contributed by atoms with van der Waals surface area (Å²) in [6.45, 7) is -1.69. The Labute approximate surface area is 98.8 Å². The smallest absolute Gasteiger partial charge is 0.529 e. The van der Waals surface area contributed by atoms with Crippen LogP contribution in [0.4, 0.5) is 0 Å². The lowest BCUT2D eigenvalue weighted by Crippen LogP contribution is -2.46. The molecule has 0 radical (unpaired) electrons. The van der Waals surface area contributed by atoms with E-state index in [-0.39, 0.29) is 12.4 Å². The Bertz CT molecular complexity index is 403. The van der Waals surface area contributed by atoms with Gasteiger partial charge in [0.05, 0.1) is 5.56 Å². The van der Waals surface area contributed by atoms with Gasteiger partial charge in [0, 0.05) is 19.8 Å². The summed E-state index contributed by atoms with van der Waals surface area (Å²) in [6.07, 6.45) is 0. The highest BCUT2D eigenvalue weighted by atomic mass is 16.9. The fourth-order valence-corrected chi connectivity index (χ4v) is 1.53. The minimum atomic E-state index is -2.57. The van der Waals surface area contributed by atoms with Crippen LogP contribution in [-0.2, 0) is 20.6 Å². The molecule has 7 heteroatoms. The third-order valence-electron chi connectivity index (χ3n) is 2.49. The molecule has 0 aromatic heterocycles. The lowest BCUT2D eigenvalue weighted by Gasteiger charge is -2.28. The predicted molar refractivity (Wildman–Crippen MR) is 61.3 cm³/mol. The molecule has 6 nitrogen and oxygen atoms in total. The Balaban J connectivity index is 1.93. The average molecular weight is 238 g/mol. The van der Waals surface area contributed by atoms with Crippen molar-refractivity contribution in [2.75, 3.05) is 13.2 Å². The van der Waals surface area contributed by atoms with E-state index in [1.165, 1.54) is 0 Å². The molecule has 1 heterocycles. The van der Waals surface area contributed by atoms with Gasteiger partial charge in [0.1, 0.15) is 0 Å². The van der Waals surface area contributed by atoms with Crippen molar-refractivity contribution in [3.8, 4) is 0 Å². The van der Waals surface area contributed by atoms with E-state index >= 15 is 0 Å². The van der Waals surface area contributed by atoms with Gasteiger partial charge < -0.3 is 19.0 Å². The Morgan fingerprint density at radius 1 is 1.35 bits per heavy atom. The average Bonchev–Trinajstić information content (AvgIpc) is 2.75. The Morgan fingerprint density at radius 2 is 1.94 bits per heavy atom. The molecule has 2 rings (SSSR count). The van der Waals surface area contributed by atoms with Crippen LogP contribution < -0.4 is 11.1 Å². The molecule has 1 aliphatic heterocycles. The molecule has 0 atom stereocenters. The summed E-state index contributed by atoms with van der Waals surface area (Å²) in [5.74, 6) is 0.266. The van der Waals surface area contributed by atoms with Gasteiger partial charge in [-0.2, -0.15) is 0 Å². The van der Waals surface area contributed by atoms with E-state index in [0.717, 1.165) is 11.1 Å². The molecule has 0 spiro atoms. The van der Waals surface area contributed by atoms with Crippen LogP contribution in [0.2, 0.25) is 0 Å². The largest absolute Gasteiger partial charge is 0.533 e. The van der Waals surface area contributed by atoms with Crippen LogP contribution in [0.15, 0.2) is 24.3 Å². The zero-order valence-corrected chi connectivity index (χ0v) is 9.33. The fraction of sp³-hybridized carbons (Fsp3) is 0.300. The molecule has 0 unspecified atom stereocenters. The molecule has 1 aliphatic rings. The topological polar surface area (TPSA) is 99.5 Å². The third-order valence-corrected chi connectivity index (χ3v) is 2.49. The standard InChI is InChI=1S/C10H14BN2O4/c12-10(13)9-3-1-8(2-4-9)7-17-11(14)15-5-6-16-11/h1-4,14H,5-7H2,(H3,12,13)/q-1/p+1. The maximum Gasteiger partial charge on any atom is 0.529 e. The Morgan fingerprint density at radius 3 is 2.47 bits per heavy atom. The van der Waals surface area contributed by atoms with Crippen LogP contribution >= 0.6 is 0 Å². The van der Waals surface area contributed by atoms with Crippen molar-refractivity contribution in [2.45, 2.75) is 6.61 Å². The number of hydrogen-bond donors (Lipinski definition) is 3. The number of rotatable bonds is 4. The van der Waals surface area contributed by atoms with E-state index < -0.39 is 6.96 Å². The molecular weight excluding hydrogens is 223 g/mol. The van der Waals surface area contributed by atoms with Crippen molar-refractivity contribution < 1.29 is 24.4 Å². The summed E-state index contributed by atoms with van der Waals surface area (Å²) in [6, 6.07) is 7.18. The molecule has 17 heavy (non-hydrogen) atoms. The summed E-state index contributed by atoms with van der Waals surface area (Å²) in [7, 11) is 0. The summed E-state index contributed by atoms with van der Waals surface area (Å²) in [4.78, 5) is 0. The SMILES string of the molecule is NC(=[NH2+])c1ccc(CO[B-]2(O)OCCO2)cc1. The van der Waals surface area contributed by atoms with Crippen molar-refractivity contribution in [3.63, 3.8) is 0 Å². The molecular formula is C10H15BN2O4. The van der Waals surface area contributed by atoms with E-state index in [1.807, 2.05) is 12.1 Å². The zero-order valence-electron chi connectivity index (χ0n) is 9.33. The first-order valence-corrected chi connectivity index (χ1v) is 5.33. The molecule has 1 fully saturated rings. The van der Waals surface area contributed by atoms with Gasteiger partial charge in [-0.15, -0.1) is 0 Å². The van der Waals surface area contributed by atoms with Crippen molar-refractivity contribution >= 4 is 12.8 Å². The van der Waals surface area contributed by atoms with Crippen molar-refractivity contribution in [2.24, 2.45) is 5.73 Å². The van der Waals surface area contributed by atoms with E-state index in [9.17, 15) is 5.02 Å². The molecule has 0 bridgehead atoms. The lowest BCUT2D eigenvalue weighted by atomic mass is 10.1. The number of hydrogen-bond acceptors (Lipinski definition) is 4. The molecule has 0 aliphatic carbocycles. The highest BCUT2D eigenvalue weighted by molar-refractivity contribution is 6.52. The van der Waals surface area contributed by atoms with Gasteiger partial charge in [-0.1, -0.05) is 12.1 Å². The minimum absolute atomic E-state index is 0.196. The molecule has 1 aromatic rings. The quantitative estimate of drug-likeness (QED) is 0.324. The third kappa shape index (κ3) is 3.04. The van der Waals surface area contributed by atoms with Gasteiger partial charge >= 0.3 is 6.96 Å². The highest BCUT2D eigenvalue weighted by Gasteiger charge is 2.31. The normalized spacial score (nSPS) is 18.2. The van der Waals surface area contributed by atoms with Gasteiger partial charge in [0.2, 0.25) is 0 Å². The van der Waals surface area contributed by atoms with E-state index in [0.29, 0.717) is 13.2 Å². The second kappa shape index (κ2) is 4.85. The van der Waals surface area contributed by atoms with Crippen LogP contribution in [0.3, 0.4) is 0 Å². The van der Waals surface area contributed by atoms with Gasteiger partial charge in [0.15, 0.2) is 0 Å². The summed E-state index contributed by atoms with van der Waals surface area (Å²) < 4.78 is 15.1. The monoisotopic (exact) mass is 238 g/mol. The first-order chi connectivity index (χ1) is 8.09. The fourth-order valence-electron chi connectivity index (χ4n) is 1.53. The lowest BCUT2D eigenvalue weighted by molar-refractivity contribution is -0.114. The molecule has 5 N–H and O–H groups in total. The van der Waals surface area contributed by atoms with E-state index in [2.05, 4.69) is 0 Å². The summed E-state index contributed by atoms with van der Waals surface area (Å²) >= 11 is 0. The van der Waals surface area contributed by atoms with Gasteiger partial charge in [-0.05, 0) is 17.7 Å². The van der Waals surface area contributed by atoms with E-state index in [4.69, 9.17) is 25.1 Å². The number of amidine groups is 1. The second-order valence-electron chi connectivity index (χ2n) is 3.81. The minimum Gasteiger partial charge on any atom is -0.533 e. The molecule has 92 valence electrons. The maximum absolute atomic E-state index is 9.65. The van der Waals surface area contributed by atoms with E-state index in [1.54, 1.807) is 12.1 Å². The van der Waals surface area contributed by atoms with Crippen molar-refractivity contribution in [1.29, 1.82) is 0 Å². The molecule has 1 aromatic carbocycles. The first-order valence-electron chi connectivity index (χ1n) is 5.33. The van der Waals surface area contributed by atoms with Crippen LogP contribution in [-0.4, -0.2) is 31.0 Å². The molecule has 0 amide bonds. The van der Waals surface area contributed by atoms with Gasteiger partial charge in [-0.25, -0.2) is 0 Å². The predicted octanol–water partition coefficient (Wildman–Crippen LogP) is -1.86. The van der Waals surface area contributed by atoms with Crippen molar-refractivity contribution in [3.05, 3.63) is 35.4 Å². The molecule has 1 saturated heterocycles. The van der Waals surface area contributed by atoms with Crippen LogP contribution in [0, 0.1) is 0 Å². The Hall–Kier alpha value is -1.41. The van der Waals surface area contributed by atoms with Crippen LogP contribution in [0.1, 0.15) is 11.1 Å². The number of nitrogens with two attached hydrogens (primary N) is 2. The first kappa shape index (κ1) is 12.1. The summed E-state index contributed by atoms with van der Waals surface area (Å²) in [5, 5.41) is 15.1. The van der Waals surface area contributed by atoms with Crippen LogP contribution in [0.25, 0.3) is 0 Å². The highest BCUT2D eigenvalue weighted by Crippen LogP contribution is 2.14. The van der Waals surface area contributed by atoms with Crippen LogP contribution in [0.5, 0.6) is 0 Å².